The molecule has 19 heavy (non-hydrogen) atoms. The lowest BCUT2D eigenvalue weighted by Crippen LogP contribution is -2.33. The monoisotopic (exact) mass is 268 g/mol. The van der Waals surface area contributed by atoms with E-state index in [0.717, 1.165) is 18.9 Å². The Morgan fingerprint density at radius 3 is 2.53 bits per heavy atom. The van der Waals surface area contributed by atoms with E-state index in [2.05, 4.69) is 6.07 Å². The van der Waals surface area contributed by atoms with Crippen molar-refractivity contribution in [2.24, 2.45) is 5.92 Å². The minimum Gasteiger partial charge on any atom is -0.372 e. The Bertz CT molecular complexity index is 468. The van der Waals surface area contributed by atoms with Crippen molar-refractivity contribution in [1.82, 2.24) is 0 Å². The Morgan fingerprint density at radius 1 is 1.26 bits per heavy atom. The van der Waals surface area contributed by atoms with E-state index in [9.17, 15) is 13.2 Å². The van der Waals surface area contributed by atoms with Crippen LogP contribution in [0.5, 0.6) is 0 Å². The highest BCUT2D eigenvalue weighted by molar-refractivity contribution is 5.49. The molecule has 1 aliphatic heterocycles. The molecule has 1 aromatic carbocycles. The first-order chi connectivity index (χ1) is 9.00. The van der Waals surface area contributed by atoms with E-state index in [0.29, 0.717) is 31.1 Å². The van der Waals surface area contributed by atoms with Gasteiger partial charge in [-0.1, -0.05) is 6.07 Å². The molecule has 0 aromatic heterocycles. The van der Waals surface area contributed by atoms with Crippen LogP contribution in [-0.2, 0) is 6.18 Å². The number of piperidine rings is 1. The van der Waals surface area contributed by atoms with Crippen molar-refractivity contribution in [3.63, 3.8) is 0 Å². The summed E-state index contributed by atoms with van der Waals surface area (Å²) in [6.07, 6.45) is -2.03. The second-order valence-electron chi connectivity index (χ2n) is 4.84. The standard InChI is InChI=1S/C14H15F3N2/c15-14(16,17)12-2-1-3-13(10-12)19-8-5-11(4-7-18)6-9-19/h1-3,10-11H,4-6,8-9H2. The summed E-state index contributed by atoms with van der Waals surface area (Å²) in [7, 11) is 0. The van der Waals surface area contributed by atoms with Crippen LogP contribution >= 0.6 is 0 Å². The third-order valence-electron chi connectivity index (χ3n) is 3.53. The van der Waals surface area contributed by atoms with E-state index in [1.165, 1.54) is 12.1 Å². The molecular formula is C14H15F3N2. The molecule has 0 N–H and O–H groups in total. The van der Waals surface area contributed by atoms with Crippen LogP contribution in [0.2, 0.25) is 0 Å². The summed E-state index contributed by atoms with van der Waals surface area (Å²) >= 11 is 0. The predicted molar refractivity (Wildman–Crippen MR) is 66.6 cm³/mol. The fourth-order valence-corrected chi connectivity index (χ4v) is 2.40. The zero-order chi connectivity index (χ0) is 13.9. The van der Waals surface area contributed by atoms with Gasteiger partial charge in [-0.25, -0.2) is 0 Å². The van der Waals surface area contributed by atoms with Gasteiger partial charge in [-0.05, 0) is 37.0 Å². The van der Waals surface area contributed by atoms with Gasteiger partial charge in [0.1, 0.15) is 0 Å². The lowest BCUT2D eigenvalue weighted by molar-refractivity contribution is -0.137. The van der Waals surface area contributed by atoms with Crippen LogP contribution in [0.4, 0.5) is 18.9 Å². The zero-order valence-corrected chi connectivity index (χ0v) is 10.5. The molecule has 1 fully saturated rings. The molecule has 2 rings (SSSR count). The third-order valence-corrected chi connectivity index (χ3v) is 3.53. The highest BCUT2D eigenvalue weighted by Crippen LogP contribution is 2.33. The SMILES string of the molecule is N#CCC1CCN(c2cccc(C(F)(F)F)c2)CC1. The van der Waals surface area contributed by atoms with Gasteiger partial charge in [0.25, 0.3) is 0 Å². The normalized spacial score (nSPS) is 17.3. The number of halogens is 3. The molecule has 0 atom stereocenters. The summed E-state index contributed by atoms with van der Waals surface area (Å²) in [4.78, 5) is 1.96. The number of benzene rings is 1. The first-order valence-corrected chi connectivity index (χ1v) is 6.30. The van der Waals surface area contributed by atoms with Crippen molar-refractivity contribution in [3.8, 4) is 6.07 Å². The number of rotatable bonds is 2. The summed E-state index contributed by atoms with van der Waals surface area (Å²) < 4.78 is 37.9. The van der Waals surface area contributed by atoms with E-state index in [4.69, 9.17) is 5.26 Å². The van der Waals surface area contributed by atoms with E-state index in [1.54, 1.807) is 6.07 Å². The third kappa shape index (κ3) is 3.40. The van der Waals surface area contributed by atoms with Crippen molar-refractivity contribution in [2.45, 2.75) is 25.4 Å². The van der Waals surface area contributed by atoms with E-state index in [1.807, 2.05) is 4.90 Å². The predicted octanol–water partition coefficient (Wildman–Crippen LogP) is 3.84. The van der Waals surface area contributed by atoms with Crippen LogP contribution in [0, 0.1) is 17.2 Å². The molecule has 0 amide bonds. The molecule has 0 aliphatic carbocycles. The summed E-state index contributed by atoms with van der Waals surface area (Å²) in [5.74, 6) is 0.382. The minimum absolute atomic E-state index is 0.382. The Balaban J connectivity index is 2.06. The average Bonchev–Trinajstić information content (AvgIpc) is 2.39. The summed E-state index contributed by atoms with van der Waals surface area (Å²) in [6.45, 7) is 1.43. The molecule has 2 nitrogen and oxygen atoms in total. The first-order valence-electron chi connectivity index (χ1n) is 6.30. The van der Waals surface area contributed by atoms with E-state index >= 15 is 0 Å². The molecule has 0 saturated carbocycles. The Morgan fingerprint density at radius 2 is 1.95 bits per heavy atom. The van der Waals surface area contributed by atoms with Crippen molar-refractivity contribution < 1.29 is 13.2 Å². The molecule has 0 unspecified atom stereocenters. The Hall–Kier alpha value is -1.70. The molecule has 1 heterocycles. The van der Waals surface area contributed by atoms with Crippen LogP contribution in [-0.4, -0.2) is 13.1 Å². The largest absolute Gasteiger partial charge is 0.416 e. The molecule has 0 spiro atoms. The van der Waals surface area contributed by atoms with Crippen molar-refractivity contribution >= 4 is 5.69 Å². The molecule has 0 radical (unpaired) electrons. The van der Waals surface area contributed by atoms with Crippen LogP contribution in [0.25, 0.3) is 0 Å². The summed E-state index contributed by atoms with van der Waals surface area (Å²) in [6, 6.07) is 7.59. The lowest BCUT2D eigenvalue weighted by Gasteiger charge is -2.33. The van der Waals surface area contributed by atoms with Crippen LogP contribution in [0.1, 0.15) is 24.8 Å². The van der Waals surface area contributed by atoms with E-state index in [-0.39, 0.29) is 0 Å². The fraction of sp³-hybridized carbons (Fsp3) is 0.500. The van der Waals surface area contributed by atoms with Gasteiger partial charge < -0.3 is 4.90 Å². The number of hydrogen-bond donors (Lipinski definition) is 0. The van der Waals surface area contributed by atoms with E-state index < -0.39 is 11.7 Å². The van der Waals surface area contributed by atoms with Crippen molar-refractivity contribution in [3.05, 3.63) is 29.8 Å². The molecule has 0 bridgehead atoms. The maximum absolute atomic E-state index is 12.6. The van der Waals surface area contributed by atoms with Gasteiger partial charge in [-0.3, -0.25) is 0 Å². The maximum Gasteiger partial charge on any atom is 0.416 e. The molecule has 1 aliphatic rings. The summed E-state index contributed by atoms with van der Waals surface area (Å²) in [5.41, 5.74) is 0.00869. The van der Waals surface area contributed by atoms with Crippen LogP contribution in [0.15, 0.2) is 24.3 Å². The topological polar surface area (TPSA) is 27.0 Å². The van der Waals surface area contributed by atoms with Crippen molar-refractivity contribution in [2.75, 3.05) is 18.0 Å². The second-order valence-corrected chi connectivity index (χ2v) is 4.84. The van der Waals surface area contributed by atoms with Crippen LogP contribution < -0.4 is 4.90 Å². The van der Waals surface area contributed by atoms with Gasteiger partial charge in [-0.15, -0.1) is 0 Å². The van der Waals surface area contributed by atoms with Gasteiger partial charge in [0, 0.05) is 25.2 Å². The Labute approximate surface area is 110 Å². The second kappa shape index (κ2) is 5.52. The quantitative estimate of drug-likeness (QED) is 0.815. The smallest absolute Gasteiger partial charge is 0.372 e. The zero-order valence-electron chi connectivity index (χ0n) is 10.5. The van der Waals surface area contributed by atoms with Gasteiger partial charge in [0.15, 0.2) is 0 Å². The molecule has 1 aromatic rings. The molecular weight excluding hydrogens is 253 g/mol. The number of hydrogen-bond acceptors (Lipinski definition) is 2. The number of alkyl halides is 3. The lowest BCUT2D eigenvalue weighted by atomic mass is 9.94. The number of nitriles is 1. The number of nitrogens with zero attached hydrogens (tertiary/aromatic N) is 2. The van der Waals surface area contributed by atoms with Gasteiger partial charge >= 0.3 is 6.18 Å². The fourth-order valence-electron chi connectivity index (χ4n) is 2.40. The highest BCUT2D eigenvalue weighted by atomic mass is 19.4. The van der Waals surface area contributed by atoms with Gasteiger partial charge in [0.05, 0.1) is 11.6 Å². The highest BCUT2D eigenvalue weighted by Gasteiger charge is 2.31. The van der Waals surface area contributed by atoms with Crippen molar-refractivity contribution in [1.29, 1.82) is 5.26 Å². The van der Waals surface area contributed by atoms with Gasteiger partial charge in [-0.2, -0.15) is 18.4 Å². The number of anilines is 1. The summed E-state index contributed by atoms with van der Waals surface area (Å²) in [5, 5.41) is 8.64. The molecule has 1 saturated heterocycles. The molecule has 5 heteroatoms. The average molecular weight is 268 g/mol. The van der Waals surface area contributed by atoms with Gasteiger partial charge in [0.2, 0.25) is 0 Å². The Kier molecular flexibility index (Phi) is 3.98. The first kappa shape index (κ1) is 13.7. The molecule has 102 valence electrons. The minimum atomic E-state index is -4.30. The maximum atomic E-state index is 12.6. The van der Waals surface area contributed by atoms with Crippen LogP contribution in [0.3, 0.4) is 0 Å².